The van der Waals surface area contributed by atoms with E-state index in [4.69, 9.17) is 4.74 Å². The van der Waals surface area contributed by atoms with E-state index in [0.29, 0.717) is 17.3 Å². The monoisotopic (exact) mass is 431 g/mol. The zero-order valence-electron chi connectivity index (χ0n) is 18.2. The lowest BCUT2D eigenvalue weighted by Gasteiger charge is -2.18. The molecule has 0 spiro atoms. The Labute approximate surface area is 180 Å². The van der Waals surface area contributed by atoms with Crippen molar-refractivity contribution in [3.63, 3.8) is 0 Å². The molecule has 1 unspecified atom stereocenters. The Bertz CT molecular complexity index is 967. The van der Waals surface area contributed by atoms with Crippen LogP contribution >= 0.6 is 0 Å². The number of hydrogen-bond acceptors (Lipinski definition) is 5. The summed E-state index contributed by atoms with van der Waals surface area (Å²) in [6.45, 7) is 6.49. The maximum absolute atomic E-state index is 12.8. The van der Waals surface area contributed by atoms with Crippen LogP contribution in [-0.2, 0) is 11.2 Å². The normalized spacial score (nSPS) is 14.4. The maximum Gasteiger partial charge on any atom is 0.272 e. The van der Waals surface area contributed by atoms with Gasteiger partial charge in [-0.1, -0.05) is 12.1 Å². The Kier molecular flexibility index (Phi) is 6.97. The average Bonchev–Trinajstić information content (AvgIpc) is 3.51. The number of aromatic nitrogens is 2. The number of benzene rings is 1. The highest BCUT2D eigenvalue weighted by Gasteiger charge is 2.30. The van der Waals surface area contributed by atoms with Crippen LogP contribution in [-0.4, -0.2) is 34.7 Å². The third-order valence-corrected chi connectivity index (χ3v) is 5.18. The Hall–Kier alpha value is -2.90. The fourth-order valence-corrected chi connectivity index (χ4v) is 3.49. The van der Waals surface area contributed by atoms with Gasteiger partial charge in [-0.15, -0.1) is 0 Å². The zero-order valence-corrected chi connectivity index (χ0v) is 18.2. The van der Waals surface area contributed by atoms with Gasteiger partial charge >= 0.3 is 0 Å². The molecule has 1 fully saturated rings. The van der Waals surface area contributed by atoms with Crippen LogP contribution in [0.1, 0.15) is 64.5 Å². The SMILES string of the molecule is Cc1cc(C(=O)NC(C)c2cc(C)c(OCC(F)F)c(C)c2)nc(CC(=O)C2CC2)n1. The molecule has 1 amide bonds. The Morgan fingerprint density at radius 3 is 2.35 bits per heavy atom. The summed E-state index contributed by atoms with van der Waals surface area (Å²) >= 11 is 0. The van der Waals surface area contributed by atoms with Crippen molar-refractivity contribution >= 4 is 11.7 Å². The van der Waals surface area contributed by atoms with Gasteiger partial charge in [0.1, 0.15) is 29.7 Å². The maximum atomic E-state index is 12.8. The molecule has 1 atom stereocenters. The van der Waals surface area contributed by atoms with Crippen molar-refractivity contribution in [3.05, 3.63) is 52.1 Å². The van der Waals surface area contributed by atoms with Gasteiger partial charge in [0.15, 0.2) is 0 Å². The van der Waals surface area contributed by atoms with Crippen LogP contribution in [0.2, 0.25) is 0 Å². The number of aryl methyl sites for hydroxylation is 3. The number of Topliss-reactive ketones (excluding diaryl/α,β-unsaturated/α-hetero) is 1. The van der Waals surface area contributed by atoms with Gasteiger partial charge in [0.2, 0.25) is 0 Å². The molecule has 1 aromatic heterocycles. The number of nitrogens with zero attached hydrogens (tertiary/aromatic N) is 2. The largest absolute Gasteiger partial charge is 0.487 e. The second-order valence-corrected chi connectivity index (χ2v) is 8.11. The minimum atomic E-state index is -2.54. The zero-order chi connectivity index (χ0) is 22.7. The van der Waals surface area contributed by atoms with E-state index >= 15 is 0 Å². The van der Waals surface area contributed by atoms with E-state index in [2.05, 4.69) is 15.3 Å². The van der Waals surface area contributed by atoms with Gasteiger partial charge in [0.05, 0.1) is 12.5 Å². The summed E-state index contributed by atoms with van der Waals surface area (Å²) in [5, 5.41) is 2.90. The van der Waals surface area contributed by atoms with Gasteiger partial charge in [-0.3, -0.25) is 9.59 Å². The second-order valence-electron chi connectivity index (χ2n) is 8.11. The number of hydrogen-bond donors (Lipinski definition) is 1. The molecule has 3 rings (SSSR count). The molecule has 1 aliphatic rings. The summed E-state index contributed by atoms with van der Waals surface area (Å²) in [7, 11) is 0. The number of nitrogens with one attached hydrogen (secondary N) is 1. The fourth-order valence-electron chi connectivity index (χ4n) is 3.49. The van der Waals surface area contributed by atoms with Crippen LogP contribution in [0.5, 0.6) is 5.75 Å². The summed E-state index contributed by atoms with van der Waals surface area (Å²) in [5.41, 5.74) is 3.09. The van der Waals surface area contributed by atoms with E-state index < -0.39 is 13.0 Å². The molecule has 31 heavy (non-hydrogen) atoms. The van der Waals surface area contributed by atoms with Crippen molar-refractivity contribution in [1.29, 1.82) is 0 Å². The first-order chi connectivity index (χ1) is 14.6. The molecule has 1 aromatic carbocycles. The number of ether oxygens (including phenoxy) is 1. The minimum absolute atomic E-state index is 0.112. The standard InChI is InChI=1S/C23H27F2N3O3/c1-12-7-17(8-13(2)22(12)31-11-20(24)25)15(4)27-23(30)18-9-14(3)26-21(28-18)10-19(29)16-5-6-16/h7-9,15-16,20H,5-6,10-11H2,1-4H3,(H,27,30). The highest BCUT2D eigenvalue weighted by molar-refractivity contribution is 5.93. The molecule has 2 aromatic rings. The molecule has 6 nitrogen and oxygen atoms in total. The number of carbonyl (C=O) groups excluding carboxylic acids is 2. The van der Waals surface area contributed by atoms with E-state index in [-0.39, 0.29) is 35.8 Å². The first kappa shape index (κ1) is 22.8. The number of alkyl halides is 2. The lowest BCUT2D eigenvalue weighted by molar-refractivity contribution is -0.119. The molecule has 1 N–H and O–H groups in total. The van der Waals surface area contributed by atoms with Crippen molar-refractivity contribution in [2.45, 2.75) is 59.4 Å². The number of ketones is 1. The van der Waals surface area contributed by atoms with Crippen molar-refractivity contribution in [1.82, 2.24) is 15.3 Å². The summed E-state index contributed by atoms with van der Waals surface area (Å²) in [4.78, 5) is 33.4. The van der Waals surface area contributed by atoms with E-state index in [9.17, 15) is 18.4 Å². The van der Waals surface area contributed by atoms with Crippen molar-refractivity contribution in [2.75, 3.05) is 6.61 Å². The van der Waals surface area contributed by atoms with Crippen LogP contribution in [0.15, 0.2) is 18.2 Å². The van der Waals surface area contributed by atoms with Crippen molar-refractivity contribution in [3.8, 4) is 5.75 Å². The van der Waals surface area contributed by atoms with Crippen LogP contribution in [0.25, 0.3) is 0 Å². The molecule has 0 aliphatic heterocycles. The first-order valence-corrected chi connectivity index (χ1v) is 10.3. The highest BCUT2D eigenvalue weighted by Crippen LogP contribution is 2.31. The average molecular weight is 431 g/mol. The molecule has 0 radical (unpaired) electrons. The summed E-state index contributed by atoms with van der Waals surface area (Å²) < 4.78 is 30.1. The van der Waals surface area contributed by atoms with Gasteiger partial charge < -0.3 is 10.1 Å². The van der Waals surface area contributed by atoms with Crippen LogP contribution in [0.3, 0.4) is 0 Å². The molecule has 1 heterocycles. The number of carbonyl (C=O) groups is 2. The van der Waals surface area contributed by atoms with Crippen LogP contribution in [0, 0.1) is 26.7 Å². The number of halogens is 2. The third-order valence-electron chi connectivity index (χ3n) is 5.18. The Morgan fingerprint density at radius 2 is 1.77 bits per heavy atom. The smallest absolute Gasteiger partial charge is 0.272 e. The van der Waals surface area contributed by atoms with E-state index in [1.165, 1.54) is 0 Å². The fraction of sp³-hybridized carbons (Fsp3) is 0.478. The van der Waals surface area contributed by atoms with Crippen molar-refractivity contribution < 1.29 is 23.1 Å². The minimum Gasteiger partial charge on any atom is -0.487 e. The quantitative estimate of drug-likeness (QED) is 0.648. The van der Waals surface area contributed by atoms with Crippen LogP contribution in [0.4, 0.5) is 8.78 Å². The van der Waals surface area contributed by atoms with Crippen LogP contribution < -0.4 is 10.1 Å². The molecular weight excluding hydrogens is 404 g/mol. The van der Waals surface area contributed by atoms with Crippen molar-refractivity contribution in [2.24, 2.45) is 5.92 Å². The lowest BCUT2D eigenvalue weighted by Crippen LogP contribution is -2.28. The molecule has 0 bridgehead atoms. The molecule has 1 saturated carbocycles. The van der Waals surface area contributed by atoms with E-state index in [1.807, 2.05) is 19.1 Å². The van der Waals surface area contributed by atoms with Gasteiger partial charge in [-0.25, -0.2) is 18.7 Å². The third kappa shape index (κ3) is 6.06. The summed E-state index contributed by atoms with van der Waals surface area (Å²) in [5.74, 6) is 0.651. The van der Waals surface area contributed by atoms with Gasteiger partial charge in [0, 0.05) is 11.6 Å². The first-order valence-electron chi connectivity index (χ1n) is 10.3. The molecule has 166 valence electrons. The van der Waals surface area contributed by atoms with Gasteiger partial charge in [-0.2, -0.15) is 0 Å². The summed E-state index contributed by atoms with van der Waals surface area (Å²) in [6.07, 6.45) is -0.571. The summed E-state index contributed by atoms with van der Waals surface area (Å²) in [6, 6.07) is 4.86. The lowest BCUT2D eigenvalue weighted by atomic mass is 10.0. The molecule has 1 aliphatic carbocycles. The number of amides is 1. The predicted molar refractivity (Wildman–Crippen MR) is 112 cm³/mol. The highest BCUT2D eigenvalue weighted by atomic mass is 19.3. The molecule has 0 saturated heterocycles. The second kappa shape index (κ2) is 9.49. The van der Waals surface area contributed by atoms with E-state index in [1.54, 1.807) is 26.8 Å². The Morgan fingerprint density at radius 1 is 1.13 bits per heavy atom. The topological polar surface area (TPSA) is 81.2 Å². The van der Waals surface area contributed by atoms with E-state index in [0.717, 1.165) is 29.5 Å². The van der Waals surface area contributed by atoms with Gasteiger partial charge in [-0.05, 0) is 63.3 Å². The van der Waals surface area contributed by atoms with Gasteiger partial charge in [0.25, 0.3) is 12.3 Å². The Balaban J connectivity index is 1.71. The molecule has 8 heteroatoms. The molecular formula is C23H27F2N3O3. The number of rotatable bonds is 9. The predicted octanol–water partition coefficient (Wildman–Crippen LogP) is 4.06.